The van der Waals surface area contributed by atoms with E-state index < -0.39 is 0 Å². The number of hydrogen-bond acceptors (Lipinski definition) is 3. The summed E-state index contributed by atoms with van der Waals surface area (Å²) in [4.78, 5) is 14.8. The summed E-state index contributed by atoms with van der Waals surface area (Å²) in [5, 5.41) is 9.58. The molecule has 1 unspecified atom stereocenters. The third-order valence-corrected chi connectivity index (χ3v) is 6.54. The molecule has 1 atom stereocenters. The highest BCUT2D eigenvalue weighted by molar-refractivity contribution is 8.01. The number of nitrogens with zero attached hydrogens (tertiary/aromatic N) is 1. The van der Waals surface area contributed by atoms with Crippen molar-refractivity contribution in [1.29, 1.82) is 0 Å². The lowest BCUT2D eigenvalue weighted by Crippen LogP contribution is -2.59. The largest absolute Gasteiger partial charge is 0.508 e. The molecule has 0 saturated carbocycles. The lowest BCUT2D eigenvalue weighted by Gasteiger charge is -2.56. The molecule has 128 valence electrons. The summed E-state index contributed by atoms with van der Waals surface area (Å²) in [5.41, 5.74) is 0.526. The van der Waals surface area contributed by atoms with Crippen LogP contribution in [0.3, 0.4) is 0 Å². The van der Waals surface area contributed by atoms with Crippen molar-refractivity contribution in [3.63, 3.8) is 0 Å². The molecule has 0 aromatic heterocycles. The molecule has 0 spiro atoms. The second-order valence-electron chi connectivity index (χ2n) is 8.57. The Labute approximate surface area is 144 Å². The minimum absolute atomic E-state index is 0.124. The fraction of sp³-hybridized carbons (Fsp3) is 0.632. The van der Waals surface area contributed by atoms with Gasteiger partial charge in [-0.25, -0.2) is 0 Å². The quantitative estimate of drug-likeness (QED) is 0.878. The van der Waals surface area contributed by atoms with Crippen molar-refractivity contribution in [3.05, 3.63) is 29.8 Å². The molecule has 23 heavy (non-hydrogen) atoms. The molecule has 1 aromatic carbocycles. The number of rotatable bonds is 2. The van der Waals surface area contributed by atoms with Gasteiger partial charge >= 0.3 is 0 Å². The van der Waals surface area contributed by atoms with Crippen LogP contribution in [0.2, 0.25) is 0 Å². The Morgan fingerprint density at radius 3 is 1.87 bits per heavy atom. The number of phenolic OH excluding ortho intramolecular Hbond substituents is 1. The molecule has 1 aliphatic rings. The summed E-state index contributed by atoms with van der Waals surface area (Å²) < 4.78 is 0. The Morgan fingerprint density at radius 2 is 1.52 bits per heavy atom. The SMILES string of the molecule is CN1CSC(C(c2ccc(O)cc2)(C(C)(C)C)C(C)(C)C)C1=O. The second-order valence-corrected chi connectivity index (χ2v) is 9.63. The van der Waals surface area contributed by atoms with Crippen LogP contribution in [0.25, 0.3) is 0 Å². The Bertz CT molecular complexity index is 567. The number of benzene rings is 1. The lowest BCUT2D eigenvalue weighted by molar-refractivity contribution is -0.131. The Kier molecular flexibility index (Phi) is 4.53. The highest BCUT2D eigenvalue weighted by atomic mass is 32.2. The Hall–Kier alpha value is -1.16. The smallest absolute Gasteiger partial charge is 0.237 e. The summed E-state index contributed by atoms with van der Waals surface area (Å²) in [7, 11) is 1.88. The van der Waals surface area contributed by atoms with Crippen molar-refractivity contribution >= 4 is 17.7 Å². The number of carbonyl (C=O) groups excluding carboxylic acids is 1. The molecule has 1 amide bonds. The predicted octanol–water partition coefficient (Wildman–Crippen LogP) is 4.25. The first-order valence-electron chi connectivity index (χ1n) is 8.09. The number of aromatic hydroxyl groups is 1. The zero-order valence-electron chi connectivity index (χ0n) is 15.3. The second kappa shape index (κ2) is 5.73. The molecule has 0 radical (unpaired) electrons. The van der Waals surface area contributed by atoms with E-state index in [-0.39, 0.29) is 33.2 Å². The number of carbonyl (C=O) groups is 1. The normalized spacial score (nSPS) is 20.2. The van der Waals surface area contributed by atoms with E-state index in [2.05, 4.69) is 41.5 Å². The minimum Gasteiger partial charge on any atom is -0.508 e. The highest BCUT2D eigenvalue weighted by Crippen LogP contribution is 2.59. The molecule has 1 saturated heterocycles. The Balaban J connectivity index is 2.76. The van der Waals surface area contributed by atoms with Crippen LogP contribution < -0.4 is 0 Å². The van der Waals surface area contributed by atoms with Crippen molar-refractivity contribution < 1.29 is 9.90 Å². The molecule has 0 bridgehead atoms. The fourth-order valence-electron chi connectivity index (χ4n) is 4.48. The predicted molar refractivity (Wildman–Crippen MR) is 97.7 cm³/mol. The topological polar surface area (TPSA) is 40.5 Å². The summed E-state index contributed by atoms with van der Waals surface area (Å²) in [6, 6.07) is 7.43. The summed E-state index contributed by atoms with van der Waals surface area (Å²) in [6.07, 6.45) is 0. The molecule has 1 heterocycles. The number of amides is 1. The number of phenols is 1. The van der Waals surface area contributed by atoms with E-state index in [0.717, 1.165) is 11.4 Å². The monoisotopic (exact) mass is 335 g/mol. The molecule has 2 rings (SSSR count). The standard InChI is InChI=1S/C19H29NO2S/c1-17(2,3)19(18(4,5)6,13-8-10-14(21)11-9-13)15-16(22)20(7)12-23-15/h8-11,15,21H,12H2,1-7H3. The lowest BCUT2D eigenvalue weighted by atomic mass is 9.49. The van der Waals surface area contributed by atoms with Crippen molar-refractivity contribution in [1.82, 2.24) is 4.90 Å². The minimum atomic E-state index is -0.347. The molecular weight excluding hydrogens is 306 g/mol. The average molecular weight is 336 g/mol. The van der Waals surface area contributed by atoms with E-state index in [1.807, 2.05) is 24.1 Å². The molecule has 4 heteroatoms. The zero-order chi connectivity index (χ0) is 17.6. The van der Waals surface area contributed by atoms with Gasteiger partial charge in [-0.2, -0.15) is 0 Å². The fourth-order valence-corrected chi connectivity index (χ4v) is 6.40. The van der Waals surface area contributed by atoms with Gasteiger partial charge in [-0.15, -0.1) is 11.8 Å². The summed E-state index contributed by atoms with van der Waals surface area (Å²) >= 11 is 1.73. The van der Waals surface area contributed by atoms with E-state index in [4.69, 9.17) is 0 Å². The van der Waals surface area contributed by atoms with Crippen LogP contribution >= 0.6 is 11.8 Å². The molecule has 1 aliphatic heterocycles. The van der Waals surface area contributed by atoms with Crippen LogP contribution in [0.5, 0.6) is 5.75 Å². The summed E-state index contributed by atoms with van der Waals surface area (Å²) in [6.45, 7) is 13.3. The van der Waals surface area contributed by atoms with E-state index in [1.165, 1.54) is 0 Å². The van der Waals surface area contributed by atoms with Gasteiger partial charge in [0.2, 0.25) is 5.91 Å². The third kappa shape index (κ3) is 2.75. The van der Waals surface area contributed by atoms with Crippen molar-refractivity contribution in [2.75, 3.05) is 12.9 Å². The van der Waals surface area contributed by atoms with Crippen molar-refractivity contribution in [2.24, 2.45) is 10.8 Å². The zero-order valence-corrected chi connectivity index (χ0v) is 16.1. The number of thioether (sulfide) groups is 1. The number of hydrogen-bond donors (Lipinski definition) is 1. The van der Waals surface area contributed by atoms with Crippen LogP contribution in [0.15, 0.2) is 24.3 Å². The van der Waals surface area contributed by atoms with Gasteiger partial charge in [0.1, 0.15) is 5.75 Å². The maximum atomic E-state index is 12.9. The molecule has 0 aliphatic carbocycles. The maximum absolute atomic E-state index is 12.9. The van der Waals surface area contributed by atoms with E-state index in [1.54, 1.807) is 23.9 Å². The summed E-state index contributed by atoms with van der Waals surface area (Å²) in [5.74, 6) is 1.19. The first kappa shape index (κ1) is 18.2. The van der Waals surface area contributed by atoms with Gasteiger partial charge in [0.25, 0.3) is 0 Å². The third-order valence-electron chi connectivity index (χ3n) is 5.12. The van der Waals surface area contributed by atoms with Gasteiger partial charge in [0, 0.05) is 12.5 Å². The van der Waals surface area contributed by atoms with Gasteiger partial charge in [0.15, 0.2) is 0 Å². The molecule has 1 fully saturated rings. The maximum Gasteiger partial charge on any atom is 0.237 e. The van der Waals surface area contributed by atoms with E-state index >= 15 is 0 Å². The highest BCUT2D eigenvalue weighted by Gasteiger charge is 2.60. The van der Waals surface area contributed by atoms with E-state index in [0.29, 0.717) is 0 Å². The van der Waals surface area contributed by atoms with Crippen molar-refractivity contribution in [3.8, 4) is 5.75 Å². The van der Waals surface area contributed by atoms with Gasteiger partial charge in [-0.05, 0) is 28.5 Å². The van der Waals surface area contributed by atoms with Crippen LogP contribution in [0.4, 0.5) is 0 Å². The molecular formula is C19H29NO2S. The van der Waals surface area contributed by atoms with Gasteiger partial charge < -0.3 is 10.0 Å². The first-order chi connectivity index (χ1) is 10.4. The van der Waals surface area contributed by atoms with Gasteiger partial charge in [-0.3, -0.25) is 4.79 Å². The average Bonchev–Trinajstić information content (AvgIpc) is 2.71. The molecule has 3 nitrogen and oxygen atoms in total. The van der Waals surface area contributed by atoms with Gasteiger partial charge in [0.05, 0.1) is 11.1 Å². The first-order valence-corrected chi connectivity index (χ1v) is 9.14. The van der Waals surface area contributed by atoms with E-state index in [9.17, 15) is 9.90 Å². The van der Waals surface area contributed by atoms with Crippen LogP contribution in [-0.2, 0) is 10.2 Å². The molecule has 1 aromatic rings. The van der Waals surface area contributed by atoms with Crippen LogP contribution in [0, 0.1) is 10.8 Å². The Morgan fingerprint density at radius 1 is 1.04 bits per heavy atom. The molecule has 1 N–H and O–H groups in total. The van der Waals surface area contributed by atoms with Crippen LogP contribution in [0.1, 0.15) is 47.1 Å². The van der Waals surface area contributed by atoms with Crippen LogP contribution in [-0.4, -0.2) is 34.1 Å². The van der Waals surface area contributed by atoms with Crippen molar-refractivity contribution in [2.45, 2.75) is 52.2 Å². The van der Waals surface area contributed by atoms with Gasteiger partial charge in [-0.1, -0.05) is 53.7 Å².